The summed E-state index contributed by atoms with van der Waals surface area (Å²) in [7, 11) is 0. The van der Waals surface area contributed by atoms with Gasteiger partial charge in [0.2, 0.25) is 59.1 Å². The molecule has 0 bridgehead atoms. The zero-order chi connectivity index (χ0) is 54.0. The van der Waals surface area contributed by atoms with Crippen molar-refractivity contribution in [3.8, 4) is 0 Å². The third kappa shape index (κ3) is 17.5. The number of H-pyrrole nitrogens is 1. The van der Waals surface area contributed by atoms with Crippen LogP contribution in [0.2, 0.25) is 0 Å². The summed E-state index contributed by atoms with van der Waals surface area (Å²) in [6.07, 6.45) is 0.991. The van der Waals surface area contributed by atoms with Crippen LogP contribution in [0.5, 0.6) is 0 Å². The molecule has 1 aromatic heterocycles. The molecule has 3 rings (SSSR count). The topological polar surface area (TPSA) is 478 Å². The lowest BCUT2D eigenvalue weighted by atomic mass is 9.98. The SMILES string of the molecule is CC[C@H](C)[C@H](N)C(=O)N[C@H](C(=O)N[C@@H](CC(N)=O)C(=O)N[C@@H](CC(N)=O)C(=O)N1CCC[C@H]1C(=O)N[C@@H](Cc1cnc[nH]1)C(=O)N[C@@H](C)C(=O)N1CCC[C@H]1C(=O)N[C@@H](CCCN=C(N)N)C(=O)O)[C@@H](C)O. The Hall–Kier alpha value is -7.43. The number of imidazole rings is 1. The number of likely N-dealkylation sites (tertiary alicyclic amines) is 2. The number of aliphatic hydroxyl groups excluding tert-OH is 1. The lowest BCUT2D eigenvalue weighted by Gasteiger charge is -2.31. The minimum atomic E-state index is -1.82. The van der Waals surface area contributed by atoms with Crippen LogP contribution in [0.25, 0.3) is 0 Å². The van der Waals surface area contributed by atoms with Crippen molar-refractivity contribution in [2.24, 2.45) is 39.6 Å². The first-order valence-corrected chi connectivity index (χ1v) is 23.5. The molecule has 2 aliphatic heterocycles. The maximum absolute atomic E-state index is 14.2. The number of carboxylic acids is 1. The molecule has 2 aliphatic rings. The lowest BCUT2D eigenvalue weighted by molar-refractivity contribution is -0.145. The fourth-order valence-corrected chi connectivity index (χ4v) is 8.07. The van der Waals surface area contributed by atoms with Crippen LogP contribution < -0.4 is 60.6 Å². The molecule has 3 heterocycles. The molecule has 2 fully saturated rings. The van der Waals surface area contributed by atoms with Gasteiger partial charge < -0.3 is 85.6 Å². The third-order valence-electron chi connectivity index (χ3n) is 12.3. The maximum atomic E-state index is 14.2. The van der Waals surface area contributed by atoms with E-state index in [9.17, 15) is 63.0 Å². The number of hydrogen-bond donors (Lipinski definition) is 14. The molecule has 11 atom stereocenters. The molecule has 29 heteroatoms. The Bertz CT molecular complexity index is 2150. The number of amides is 10. The normalized spacial score (nSPS) is 19.1. The monoisotopic (exact) mass is 1020 g/mol. The molecule has 1 aromatic rings. The molecule has 72 heavy (non-hydrogen) atoms. The predicted octanol–water partition coefficient (Wildman–Crippen LogP) is -6.49. The maximum Gasteiger partial charge on any atom is 0.326 e. The average molecular weight is 1020 g/mol. The van der Waals surface area contributed by atoms with E-state index in [0.717, 1.165) is 4.90 Å². The quantitative estimate of drug-likeness (QED) is 0.0211. The highest BCUT2D eigenvalue weighted by Crippen LogP contribution is 2.22. The van der Waals surface area contributed by atoms with Gasteiger partial charge in [-0.1, -0.05) is 20.3 Å². The fourth-order valence-electron chi connectivity index (χ4n) is 8.07. The zero-order valence-corrected chi connectivity index (χ0v) is 40.8. The van der Waals surface area contributed by atoms with Crippen molar-refractivity contribution in [1.82, 2.24) is 51.7 Å². The number of rotatable bonds is 28. The molecule has 2 saturated heterocycles. The summed E-state index contributed by atoms with van der Waals surface area (Å²) >= 11 is 0. The highest BCUT2D eigenvalue weighted by atomic mass is 16.4. The van der Waals surface area contributed by atoms with E-state index in [0.29, 0.717) is 18.5 Å². The van der Waals surface area contributed by atoms with Crippen molar-refractivity contribution in [2.45, 2.75) is 152 Å². The van der Waals surface area contributed by atoms with Gasteiger partial charge in [-0.25, -0.2) is 9.78 Å². The van der Waals surface area contributed by atoms with Gasteiger partial charge >= 0.3 is 5.97 Å². The number of aliphatic hydroxyl groups is 1. The van der Waals surface area contributed by atoms with Crippen LogP contribution in [-0.4, -0.2) is 181 Å². The first-order chi connectivity index (χ1) is 33.9. The van der Waals surface area contributed by atoms with Crippen LogP contribution in [0.4, 0.5) is 0 Å². The number of aromatic nitrogens is 2. The minimum absolute atomic E-state index is 0.00244. The largest absolute Gasteiger partial charge is 0.480 e. The molecule has 29 nitrogen and oxygen atoms in total. The number of nitrogens with one attached hydrogen (secondary N) is 7. The predicted molar refractivity (Wildman–Crippen MR) is 253 cm³/mol. The summed E-state index contributed by atoms with van der Waals surface area (Å²) in [6.45, 7) is 6.21. The second kappa shape index (κ2) is 27.8. The number of nitrogens with two attached hydrogens (primary N) is 5. The summed E-state index contributed by atoms with van der Waals surface area (Å²) in [4.78, 5) is 158. The van der Waals surface area contributed by atoms with Gasteiger partial charge in [-0.05, 0) is 58.3 Å². The van der Waals surface area contributed by atoms with Crippen molar-refractivity contribution in [3.05, 3.63) is 18.2 Å². The van der Waals surface area contributed by atoms with Crippen molar-refractivity contribution < 1.29 is 63.0 Å². The molecule has 0 spiro atoms. The Balaban J connectivity index is 1.77. The first kappa shape index (κ1) is 58.9. The van der Waals surface area contributed by atoms with Gasteiger partial charge in [-0.3, -0.25) is 52.9 Å². The molecule has 400 valence electrons. The minimum Gasteiger partial charge on any atom is -0.480 e. The van der Waals surface area contributed by atoms with Gasteiger partial charge in [0.05, 0.1) is 31.3 Å². The summed E-state index contributed by atoms with van der Waals surface area (Å²) in [5.74, 6) is -11.1. The van der Waals surface area contributed by atoms with E-state index in [1.807, 2.05) is 0 Å². The van der Waals surface area contributed by atoms with Gasteiger partial charge in [-0.2, -0.15) is 0 Å². The van der Waals surface area contributed by atoms with E-state index in [1.165, 1.54) is 31.3 Å². The fraction of sp³-hybridized carbons (Fsp3) is 0.651. The van der Waals surface area contributed by atoms with Crippen LogP contribution in [0.15, 0.2) is 17.5 Å². The van der Waals surface area contributed by atoms with E-state index in [2.05, 4.69) is 46.9 Å². The van der Waals surface area contributed by atoms with Crippen molar-refractivity contribution in [1.29, 1.82) is 0 Å². The van der Waals surface area contributed by atoms with Crippen LogP contribution in [0.1, 0.15) is 91.2 Å². The van der Waals surface area contributed by atoms with E-state index in [-0.39, 0.29) is 70.0 Å². The Morgan fingerprint density at radius 2 is 1.28 bits per heavy atom. The standard InChI is InChI=1S/C43H70N16O13/c1-5-20(2)32(46)38(67)57-33(22(4)60)39(68)55-26(16-30(44)61)35(64)56-27(17-31(45)62)41(70)59-14-8-11-29(59)37(66)54-25(15-23-18-49-19-51-23)34(63)52-21(3)40(69)58-13-7-10-28(58)36(65)53-24(42(71)72)9-6-12-50-43(47)48/h18-22,24-29,32-33,60H,5-17,46H2,1-4H3,(H2,44,61)(H2,45,62)(H,49,51)(H,52,63)(H,53,65)(H,54,66)(H,55,68)(H,56,64)(H,57,67)(H,71,72)(H4,47,48,50)/t20-,21-,22+,24-,25-,26-,27-,28-,29-,32-,33-/m0/s1. The van der Waals surface area contributed by atoms with Crippen LogP contribution >= 0.6 is 0 Å². The number of carbonyl (C=O) groups is 11. The van der Waals surface area contributed by atoms with Crippen LogP contribution in [0, 0.1) is 5.92 Å². The van der Waals surface area contributed by atoms with Gasteiger partial charge in [0.1, 0.15) is 48.3 Å². The summed E-state index contributed by atoms with van der Waals surface area (Å²) < 4.78 is 0. The van der Waals surface area contributed by atoms with E-state index >= 15 is 0 Å². The third-order valence-corrected chi connectivity index (χ3v) is 12.3. The molecule has 19 N–H and O–H groups in total. The van der Waals surface area contributed by atoms with Gasteiger partial charge in [-0.15, -0.1) is 0 Å². The highest BCUT2D eigenvalue weighted by molar-refractivity contribution is 6.00. The zero-order valence-electron chi connectivity index (χ0n) is 40.8. The average Bonchev–Trinajstić information content (AvgIpc) is 4.13. The summed E-state index contributed by atoms with van der Waals surface area (Å²) in [6, 6.07) is -12.6. The highest BCUT2D eigenvalue weighted by Gasteiger charge is 2.42. The number of aromatic amines is 1. The smallest absolute Gasteiger partial charge is 0.326 e. The number of carboxylic acid groups (broad SMARTS) is 1. The molecule has 10 amide bonds. The number of aliphatic carboxylic acids is 1. The Kier molecular flexibility index (Phi) is 22.8. The van der Waals surface area contributed by atoms with Gasteiger partial charge in [0.25, 0.3) is 0 Å². The van der Waals surface area contributed by atoms with E-state index < -0.39 is 138 Å². The number of hydrogen-bond acceptors (Lipinski definition) is 15. The van der Waals surface area contributed by atoms with Gasteiger partial charge in [0, 0.05) is 37.9 Å². The van der Waals surface area contributed by atoms with Crippen LogP contribution in [-0.2, 0) is 59.2 Å². The van der Waals surface area contributed by atoms with Crippen molar-refractivity contribution >= 4 is 71.0 Å². The van der Waals surface area contributed by atoms with Crippen LogP contribution in [0.3, 0.4) is 0 Å². The molecule has 0 unspecified atom stereocenters. The molecule has 0 aromatic carbocycles. The van der Waals surface area contributed by atoms with Crippen molar-refractivity contribution in [3.63, 3.8) is 0 Å². The second-order valence-electron chi connectivity index (χ2n) is 17.9. The number of aliphatic imine (C=N–C) groups is 1. The second-order valence-corrected chi connectivity index (χ2v) is 17.9. The Morgan fingerprint density at radius 1 is 0.736 bits per heavy atom. The Morgan fingerprint density at radius 3 is 1.79 bits per heavy atom. The number of primary amides is 2. The number of guanidine groups is 1. The molecular formula is C43H70N16O13. The Labute approximate surface area is 414 Å². The number of carbonyl (C=O) groups excluding carboxylic acids is 10. The van der Waals surface area contributed by atoms with Crippen molar-refractivity contribution in [2.75, 3.05) is 19.6 Å². The number of nitrogens with zero attached hydrogens (tertiary/aromatic N) is 4. The summed E-state index contributed by atoms with van der Waals surface area (Å²) in [5.41, 5.74) is 27.8. The molecular weight excluding hydrogens is 949 g/mol. The first-order valence-electron chi connectivity index (χ1n) is 23.5. The van der Waals surface area contributed by atoms with E-state index in [1.54, 1.807) is 13.8 Å². The molecule has 0 radical (unpaired) electrons. The van der Waals surface area contributed by atoms with E-state index in [4.69, 9.17) is 28.7 Å². The molecule has 0 aliphatic carbocycles. The molecule has 0 saturated carbocycles. The van der Waals surface area contributed by atoms with Gasteiger partial charge in [0.15, 0.2) is 5.96 Å². The summed E-state index contributed by atoms with van der Waals surface area (Å²) in [5, 5.41) is 34.6. The lowest BCUT2D eigenvalue weighted by Crippen LogP contribution is -2.62.